The van der Waals surface area contributed by atoms with E-state index in [1.807, 2.05) is 12.1 Å². The number of fused-ring (bicyclic) bond motifs is 5. The molecule has 116 valence electrons. The second kappa shape index (κ2) is 4.65. The van der Waals surface area contributed by atoms with Crippen LogP contribution < -0.4 is 0 Å². The van der Waals surface area contributed by atoms with Crippen molar-refractivity contribution < 1.29 is 9.52 Å². The van der Waals surface area contributed by atoms with Crippen LogP contribution in [0, 0.1) is 5.41 Å². The fourth-order valence-electron chi connectivity index (χ4n) is 4.50. The minimum Gasteiger partial charge on any atom is -0.508 e. The number of phenolic OH excluding ortho intramolecular Hbond substituents is 1. The molecule has 1 N–H and O–H groups in total. The number of hydrogen-bond acceptors (Lipinski definition) is 2. The molecule has 2 heteroatoms. The molecule has 2 nitrogen and oxygen atoms in total. The minimum absolute atomic E-state index is 0.269. The number of allylic oxidation sites excluding steroid dienone is 2. The first-order valence-corrected chi connectivity index (χ1v) is 8.43. The van der Waals surface area contributed by atoms with Gasteiger partial charge in [-0.05, 0) is 42.9 Å². The van der Waals surface area contributed by atoms with Crippen LogP contribution in [0.5, 0.6) is 5.75 Å². The van der Waals surface area contributed by atoms with Crippen LogP contribution in [0.15, 0.2) is 34.3 Å². The van der Waals surface area contributed by atoms with Crippen LogP contribution in [0.2, 0.25) is 0 Å². The van der Waals surface area contributed by atoms with Crippen molar-refractivity contribution in [3.8, 4) is 5.75 Å². The molecule has 0 aliphatic heterocycles. The van der Waals surface area contributed by atoms with Crippen LogP contribution in [-0.2, 0) is 0 Å². The third kappa shape index (κ3) is 1.93. The molecule has 1 aromatic carbocycles. The third-order valence-corrected chi connectivity index (χ3v) is 5.68. The van der Waals surface area contributed by atoms with Crippen molar-refractivity contribution in [1.29, 1.82) is 0 Å². The Balaban J connectivity index is 1.99. The van der Waals surface area contributed by atoms with Gasteiger partial charge in [0.05, 0.1) is 0 Å². The van der Waals surface area contributed by atoms with Gasteiger partial charge in [0.25, 0.3) is 0 Å². The Morgan fingerprint density at radius 2 is 2.09 bits per heavy atom. The number of rotatable bonds is 0. The standard InChI is InChI=1S/C20H24O2/c1-12-6-8-16-14(5-4-10-20(16,2)3)18-15-11-13(21)7-9-17(15)22-19(12)18/h7-9,11-12,14,21H,4-6,10H2,1-3H3/t12-,14+/m1/s1. The molecule has 22 heavy (non-hydrogen) atoms. The molecule has 1 heterocycles. The third-order valence-electron chi connectivity index (χ3n) is 5.68. The summed E-state index contributed by atoms with van der Waals surface area (Å²) in [7, 11) is 0. The van der Waals surface area contributed by atoms with Crippen LogP contribution in [0.3, 0.4) is 0 Å². The molecule has 1 aromatic heterocycles. The van der Waals surface area contributed by atoms with Gasteiger partial charge in [-0.2, -0.15) is 0 Å². The lowest BCUT2D eigenvalue weighted by atomic mass is 9.66. The van der Waals surface area contributed by atoms with Gasteiger partial charge in [0.2, 0.25) is 0 Å². The lowest BCUT2D eigenvalue weighted by Crippen LogP contribution is -2.25. The number of aromatic hydroxyl groups is 1. The highest BCUT2D eigenvalue weighted by Crippen LogP contribution is 2.54. The average molecular weight is 296 g/mol. The van der Waals surface area contributed by atoms with E-state index >= 15 is 0 Å². The van der Waals surface area contributed by atoms with Gasteiger partial charge in [0, 0.05) is 22.8 Å². The lowest BCUT2D eigenvalue weighted by molar-refractivity contribution is 0.314. The highest BCUT2D eigenvalue weighted by atomic mass is 16.3. The van der Waals surface area contributed by atoms with E-state index in [2.05, 4.69) is 26.8 Å². The van der Waals surface area contributed by atoms with Gasteiger partial charge >= 0.3 is 0 Å². The fraction of sp³-hybridized carbons (Fsp3) is 0.500. The Labute approximate surface area is 131 Å². The summed E-state index contributed by atoms with van der Waals surface area (Å²) in [6.07, 6.45) is 7.24. The maximum absolute atomic E-state index is 9.93. The van der Waals surface area contributed by atoms with Crippen molar-refractivity contribution in [2.75, 3.05) is 0 Å². The van der Waals surface area contributed by atoms with Gasteiger partial charge in [-0.25, -0.2) is 0 Å². The quantitative estimate of drug-likeness (QED) is 0.617. The smallest absolute Gasteiger partial charge is 0.134 e. The molecule has 0 bridgehead atoms. The number of hydrogen-bond donors (Lipinski definition) is 1. The molecule has 0 unspecified atom stereocenters. The first kappa shape index (κ1) is 13.9. The monoisotopic (exact) mass is 296 g/mol. The zero-order valence-corrected chi connectivity index (χ0v) is 13.6. The summed E-state index contributed by atoms with van der Waals surface area (Å²) in [4.78, 5) is 0. The van der Waals surface area contributed by atoms with Crippen molar-refractivity contribution in [1.82, 2.24) is 0 Å². The molecule has 2 aliphatic rings. The molecule has 1 saturated carbocycles. The maximum Gasteiger partial charge on any atom is 0.134 e. The molecular formula is C20H24O2. The molecule has 2 aromatic rings. The summed E-state index contributed by atoms with van der Waals surface area (Å²) in [6, 6.07) is 5.51. The average Bonchev–Trinajstić information content (AvgIpc) is 2.76. The zero-order chi connectivity index (χ0) is 15.5. The van der Waals surface area contributed by atoms with Gasteiger partial charge in [-0.15, -0.1) is 0 Å². The van der Waals surface area contributed by atoms with E-state index in [1.165, 1.54) is 24.8 Å². The van der Waals surface area contributed by atoms with Crippen molar-refractivity contribution >= 4 is 11.0 Å². The number of phenols is 1. The Morgan fingerprint density at radius 3 is 2.91 bits per heavy atom. The van der Waals surface area contributed by atoms with Crippen LogP contribution in [-0.4, -0.2) is 5.11 Å². The van der Waals surface area contributed by atoms with Gasteiger partial charge in [0.15, 0.2) is 0 Å². The highest BCUT2D eigenvalue weighted by molar-refractivity contribution is 5.85. The SMILES string of the molecule is C[C@@H]1CC=C2[C@H](CCCC2(C)C)c2c1oc1ccc(O)cc21. The van der Waals surface area contributed by atoms with Crippen molar-refractivity contribution in [3.05, 3.63) is 41.2 Å². The summed E-state index contributed by atoms with van der Waals surface area (Å²) in [5, 5.41) is 11.0. The maximum atomic E-state index is 9.93. The van der Waals surface area contributed by atoms with Gasteiger partial charge in [0.1, 0.15) is 17.1 Å². The Morgan fingerprint density at radius 1 is 1.27 bits per heavy atom. The fourth-order valence-corrected chi connectivity index (χ4v) is 4.50. The second-order valence-corrected chi connectivity index (χ2v) is 7.69. The summed E-state index contributed by atoms with van der Waals surface area (Å²) < 4.78 is 6.21. The highest BCUT2D eigenvalue weighted by Gasteiger charge is 2.39. The summed E-state index contributed by atoms with van der Waals surface area (Å²) in [6.45, 7) is 7.00. The van der Waals surface area contributed by atoms with E-state index < -0.39 is 0 Å². The first-order valence-electron chi connectivity index (χ1n) is 8.43. The number of benzene rings is 1. The molecule has 0 amide bonds. The zero-order valence-electron chi connectivity index (χ0n) is 13.6. The van der Waals surface area contributed by atoms with Crippen LogP contribution >= 0.6 is 0 Å². The molecule has 0 spiro atoms. The molecule has 1 fully saturated rings. The van der Waals surface area contributed by atoms with Crippen molar-refractivity contribution in [2.24, 2.45) is 5.41 Å². The molecule has 2 atom stereocenters. The van der Waals surface area contributed by atoms with Crippen LogP contribution in [0.25, 0.3) is 11.0 Å². The molecule has 0 saturated heterocycles. The predicted octanol–water partition coefficient (Wildman–Crippen LogP) is 5.87. The van der Waals surface area contributed by atoms with Crippen LogP contribution in [0.1, 0.15) is 69.6 Å². The molecule has 0 radical (unpaired) electrons. The van der Waals surface area contributed by atoms with Crippen molar-refractivity contribution in [2.45, 2.75) is 58.3 Å². The minimum atomic E-state index is 0.269. The summed E-state index contributed by atoms with van der Waals surface area (Å²) >= 11 is 0. The van der Waals surface area contributed by atoms with E-state index in [9.17, 15) is 5.11 Å². The van der Waals surface area contributed by atoms with Gasteiger partial charge < -0.3 is 9.52 Å². The Kier molecular flexibility index (Phi) is 2.94. The van der Waals surface area contributed by atoms with E-state index in [0.717, 1.165) is 23.2 Å². The normalized spacial score (nSPS) is 27.0. The first-order chi connectivity index (χ1) is 10.5. The summed E-state index contributed by atoms with van der Waals surface area (Å²) in [5.41, 5.74) is 4.11. The Bertz CT molecular complexity index is 763. The van der Waals surface area contributed by atoms with E-state index in [0.29, 0.717) is 17.6 Å². The largest absolute Gasteiger partial charge is 0.508 e. The lowest BCUT2D eigenvalue weighted by Gasteiger charge is -2.38. The molecule has 4 rings (SSSR count). The summed E-state index contributed by atoms with van der Waals surface area (Å²) in [5.74, 6) is 2.31. The van der Waals surface area contributed by atoms with E-state index in [4.69, 9.17) is 4.42 Å². The number of furan rings is 1. The predicted molar refractivity (Wildman–Crippen MR) is 89.4 cm³/mol. The van der Waals surface area contributed by atoms with Gasteiger partial charge in [-0.3, -0.25) is 0 Å². The van der Waals surface area contributed by atoms with E-state index in [1.54, 1.807) is 11.6 Å². The van der Waals surface area contributed by atoms with Gasteiger partial charge in [-0.1, -0.05) is 38.8 Å². The topological polar surface area (TPSA) is 33.4 Å². The second-order valence-electron chi connectivity index (χ2n) is 7.69. The molecule has 2 aliphatic carbocycles. The molecular weight excluding hydrogens is 272 g/mol. The Hall–Kier alpha value is -1.70. The van der Waals surface area contributed by atoms with Crippen LogP contribution in [0.4, 0.5) is 0 Å². The van der Waals surface area contributed by atoms with E-state index in [-0.39, 0.29) is 5.41 Å². The van der Waals surface area contributed by atoms with Crippen molar-refractivity contribution in [3.63, 3.8) is 0 Å².